The number of carbonyl (C=O) groups excluding carboxylic acids is 4. The minimum Gasteiger partial charge on any atom is -0.275 e. The fourth-order valence-corrected chi connectivity index (χ4v) is 1.98. The predicted molar refractivity (Wildman–Crippen MR) is 68.9 cm³/mol. The van der Waals surface area contributed by atoms with Crippen molar-refractivity contribution in [2.24, 2.45) is 20.2 Å². The number of hydrogen-bond donors (Lipinski definition) is 2. The summed E-state index contributed by atoms with van der Waals surface area (Å²) in [5.41, 5.74) is 0.969. The summed E-state index contributed by atoms with van der Waals surface area (Å²) in [4.78, 5) is 52.7. The Labute approximate surface area is 122 Å². The Morgan fingerprint density at radius 2 is 1.73 bits per heavy atom. The first kappa shape index (κ1) is 13.7. The minimum absolute atomic E-state index is 0.210. The highest BCUT2D eigenvalue weighted by Gasteiger charge is 2.34. The van der Waals surface area contributed by atoms with E-state index in [2.05, 4.69) is 20.2 Å². The number of azo groups is 1. The number of nitrogens with zero attached hydrogens (tertiary/aromatic N) is 4. The van der Waals surface area contributed by atoms with E-state index in [0.717, 1.165) is 5.56 Å². The number of imide groups is 2. The number of urea groups is 2. The molecule has 3 rings (SSSR count). The van der Waals surface area contributed by atoms with Gasteiger partial charge in [-0.1, -0.05) is 0 Å². The number of carbonyl (C=O) groups is 4. The molecule has 1 saturated heterocycles. The Morgan fingerprint density at radius 3 is 2.41 bits per heavy atom. The quantitative estimate of drug-likeness (QED) is 0.543. The van der Waals surface area contributed by atoms with Crippen molar-refractivity contribution in [3.05, 3.63) is 28.4 Å². The monoisotopic (exact) mass is 300 g/mol. The third-order valence-electron chi connectivity index (χ3n) is 2.89. The second-order valence-corrected chi connectivity index (χ2v) is 4.58. The number of aryl methyl sites for hydroxylation is 1. The van der Waals surface area contributed by atoms with Crippen LogP contribution in [-0.4, -0.2) is 29.9 Å². The van der Waals surface area contributed by atoms with E-state index in [1.54, 1.807) is 19.1 Å². The maximum absolute atomic E-state index is 11.5. The van der Waals surface area contributed by atoms with Gasteiger partial charge in [-0.05, 0) is 24.6 Å². The molecule has 10 nitrogen and oxygen atoms in total. The summed E-state index contributed by atoms with van der Waals surface area (Å²) >= 11 is 0. The highest BCUT2D eigenvalue weighted by molar-refractivity contribution is 6.18. The average molecular weight is 300 g/mol. The van der Waals surface area contributed by atoms with Crippen LogP contribution in [0.2, 0.25) is 0 Å². The van der Waals surface area contributed by atoms with Crippen LogP contribution in [0.4, 0.5) is 15.3 Å². The number of benzene rings is 1. The normalized spacial score (nSPS) is 17.9. The van der Waals surface area contributed by atoms with Crippen LogP contribution in [0.25, 0.3) is 0 Å². The molecule has 110 valence electrons. The molecule has 1 aromatic rings. The molecule has 0 saturated carbocycles. The molecule has 2 aliphatic heterocycles. The van der Waals surface area contributed by atoms with Gasteiger partial charge < -0.3 is 0 Å². The molecule has 0 aliphatic carbocycles. The van der Waals surface area contributed by atoms with Gasteiger partial charge in [0.2, 0.25) is 6.04 Å². The molecule has 2 N–H and O–H groups in total. The molecule has 2 heterocycles. The van der Waals surface area contributed by atoms with Crippen LogP contribution in [0, 0.1) is 6.92 Å². The summed E-state index contributed by atoms with van der Waals surface area (Å²) in [6.45, 7) is 1.76. The van der Waals surface area contributed by atoms with Crippen LogP contribution in [-0.2, 0) is 9.59 Å². The van der Waals surface area contributed by atoms with Crippen molar-refractivity contribution in [3.63, 3.8) is 0 Å². The van der Waals surface area contributed by atoms with Gasteiger partial charge in [0.05, 0.1) is 5.36 Å². The van der Waals surface area contributed by atoms with Crippen molar-refractivity contribution >= 4 is 29.6 Å². The first-order valence-corrected chi connectivity index (χ1v) is 6.12. The smallest absolute Gasteiger partial charge is 0.275 e. The van der Waals surface area contributed by atoms with Crippen molar-refractivity contribution in [1.82, 2.24) is 10.6 Å². The SMILES string of the molecule is Cc1cc(N=NC2C(=O)NC(=O)NC2=O)c2c(c1)=NC(=O)N=2. The first-order valence-electron chi connectivity index (χ1n) is 6.12. The fraction of sp³-hybridized carbons (Fsp3) is 0.167. The van der Waals surface area contributed by atoms with Crippen molar-refractivity contribution in [1.29, 1.82) is 0 Å². The molecule has 0 unspecified atom stereocenters. The molecule has 6 amide bonds. The maximum atomic E-state index is 11.5. The van der Waals surface area contributed by atoms with Crippen molar-refractivity contribution < 1.29 is 19.2 Å². The number of rotatable bonds is 2. The topological polar surface area (TPSA) is 142 Å². The van der Waals surface area contributed by atoms with Gasteiger partial charge in [0.15, 0.2) is 0 Å². The molecule has 0 spiro atoms. The number of hydrogen-bond acceptors (Lipinski definition) is 6. The fourth-order valence-electron chi connectivity index (χ4n) is 1.98. The Kier molecular flexibility index (Phi) is 3.05. The largest absolute Gasteiger partial charge is 0.368 e. The van der Waals surface area contributed by atoms with Gasteiger partial charge in [-0.3, -0.25) is 20.2 Å². The van der Waals surface area contributed by atoms with E-state index < -0.39 is 29.9 Å². The Hall–Kier alpha value is -3.30. The number of amides is 6. The Morgan fingerprint density at radius 1 is 1.05 bits per heavy atom. The predicted octanol–water partition coefficient (Wildman–Crippen LogP) is -0.814. The lowest BCUT2D eigenvalue weighted by Gasteiger charge is -2.16. The molecular formula is C12H8N6O4. The van der Waals surface area contributed by atoms with E-state index in [1.165, 1.54) is 0 Å². The van der Waals surface area contributed by atoms with E-state index in [9.17, 15) is 19.2 Å². The molecule has 2 aliphatic rings. The van der Waals surface area contributed by atoms with Gasteiger partial charge in [0.1, 0.15) is 11.0 Å². The number of nitrogens with one attached hydrogen (secondary N) is 2. The average Bonchev–Trinajstić information content (AvgIpc) is 2.77. The van der Waals surface area contributed by atoms with Crippen molar-refractivity contribution in [2.45, 2.75) is 13.0 Å². The zero-order valence-corrected chi connectivity index (χ0v) is 11.2. The zero-order chi connectivity index (χ0) is 15.9. The van der Waals surface area contributed by atoms with Gasteiger partial charge in [0.25, 0.3) is 11.8 Å². The molecule has 1 fully saturated rings. The molecule has 0 bridgehead atoms. The van der Waals surface area contributed by atoms with Crippen LogP contribution in [0.15, 0.2) is 32.3 Å². The van der Waals surface area contributed by atoms with E-state index in [4.69, 9.17) is 0 Å². The molecule has 1 aromatic carbocycles. The summed E-state index contributed by atoms with van der Waals surface area (Å²) in [5, 5.41) is 11.8. The lowest BCUT2D eigenvalue weighted by atomic mass is 10.2. The van der Waals surface area contributed by atoms with Crippen LogP contribution in [0.5, 0.6) is 0 Å². The lowest BCUT2D eigenvalue weighted by molar-refractivity contribution is -0.131. The standard InChI is InChI=1S/C12H8N6O4/c1-4-2-5-7(14-11(21)13-5)6(3-4)17-18-8-9(19)15-12(22)16-10(8)20/h2-3,8H,1H3,(H2,15,16,19,20,22). The van der Waals surface area contributed by atoms with Crippen molar-refractivity contribution in [2.75, 3.05) is 0 Å². The highest BCUT2D eigenvalue weighted by atomic mass is 16.2. The summed E-state index contributed by atoms with van der Waals surface area (Å²) in [5.74, 6) is -1.75. The molecule has 0 aromatic heterocycles. The third kappa shape index (κ3) is 2.37. The second kappa shape index (κ2) is 4.91. The summed E-state index contributed by atoms with van der Waals surface area (Å²) in [6, 6.07) is 0.196. The van der Waals surface area contributed by atoms with E-state index in [1.807, 2.05) is 10.6 Å². The van der Waals surface area contributed by atoms with Gasteiger partial charge in [-0.15, -0.1) is 0 Å². The summed E-state index contributed by atoms with van der Waals surface area (Å²) in [7, 11) is 0. The van der Waals surface area contributed by atoms with Crippen LogP contribution in [0.1, 0.15) is 5.56 Å². The number of barbiturate groups is 1. The van der Waals surface area contributed by atoms with Gasteiger partial charge >= 0.3 is 12.1 Å². The molecule has 0 radical (unpaired) electrons. The third-order valence-corrected chi connectivity index (χ3v) is 2.89. The summed E-state index contributed by atoms with van der Waals surface area (Å²) in [6.07, 6.45) is 0. The molecular weight excluding hydrogens is 292 g/mol. The zero-order valence-electron chi connectivity index (χ0n) is 11.2. The minimum atomic E-state index is -1.48. The van der Waals surface area contributed by atoms with Gasteiger partial charge in [-0.2, -0.15) is 20.2 Å². The Bertz CT molecular complexity index is 868. The second-order valence-electron chi connectivity index (χ2n) is 4.58. The van der Waals surface area contributed by atoms with E-state index >= 15 is 0 Å². The molecule has 10 heteroatoms. The highest BCUT2D eigenvalue weighted by Crippen LogP contribution is 2.10. The molecule has 22 heavy (non-hydrogen) atoms. The van der Waals surface area contributed by atoms with Gasteiger partial charge in [0, 0.05) is 0 Å². The van der Waals surface area contributed by atoms with Crippen LogP contribution >= 0.6 is 0 Å². The van der Waals surface area contributed by atoms with E-state index in [0.29, 0.717) is 5.36 Å². The molecule has 0 atom stereocenters. The van der Waals surface area contributed by atoms with E-state index in [-0.39, 0.29) is 11.0 Å². The number of fused-ring (bicyclic) bond motifs is 1. The van der Waals surface area contributed by atoms with Crippen LogP contribution < -0.4 is 21.3 Å². The lowest BCUT2D eigenvalue weighted by Crippen LogP contribution is -2.57. The van der Waals surface area contributed by atoms with Crippen LogP contribution in [0.3, 0.4) is 0 Å². The van der Waals surface area contributed by atoms with Gasteiger partial charge in [-0.25, -0.2) is 9.59 Å². The first-order chi connectivity index (χ1) is 10.4. The summed E-state index contributed by atoms with van der Waals surface area (Å²) < 4.78 is 0. The maximum Gasteiger partial charge on any atom is 0.368 e. The Balaban J connectivity index is 1.99. The van der Waals surface area contributed by atoms with Crippen molar-refractivity contribution in [3.8, 4) is 0 Å².